The zero-order valence-electron chi connectivity index (χ0n) is 15.9. The fourth-order valence-corrected chi connectivity index (χ4v) is 3.23. The summed E-state index contributed by atoms with van der Waals surface area (Å²) in [4.78, 5) is 51.3. The van der Waals surface area contributed by atoms with Crippen LogP contribution in [-0.2, 0) is 4.79 Å². The Labute approximate surface area is 162 Å². The molecule has 0 saturated heterocycles. The molecule has 2 aromatic rings. The van der Waals surface area contributed by atoms with Crippen LogP contribution < -0.4 is 10.9 Å². The van der Waals surface area contributed by atoms with Gasteiger partial charge in [0.05, 0.1) is 11.1 Å². The summed E-state index contributed by atoms with van der Waals surface area (Å²) in [5, 5.41) is 0. The number of fused-ring (bicyclic) bond motifs is 1. The molecule has 1 heterocycles. The van der Waals surface area contributed by atoms with Gasteiger partial charge in [0.1, 0.15) is 6.04 Å². The van der Waals surface area contributed by atoms with Crippen LogP contribution in [0.25, 0.3) is 0 Å². The normalized spacial score (nSPS) is 14.1. The Bertz CT molecular complexity index is 933. The Kier molecular flexibility index (Phi) is 5.26. The predicted octanol–water partition coefficient (Wildman–Crippen LogP) is 2.08. The third-order valence-corrected chi connectivity index (χ3v) is 4.58. The molecule has 2 aromatic carbocycles. The standard InChI is InChI=1S/C21H21N3O4/c1-12(2)17(24-20(27)15-9-4-5-10-16(15)21(24)28)19(26)23-22-18(25)14-8-6-7-13(3)11-14/h4-12,17H,1-3H3,(H,22,25)(H,23,26). The number of rotatable bonds is 4. The number of hydrazine groups is 1. The number of benzene rings is 2. The lowest BCUT2D eigenvalue weighted by Crippen LogP contribution is -2.56. The molecule has 1 unspecified atom stereocenters. The smallest absolute Gasteiger partial charge is 0.269 e. The first-order chi connectivity index (χ1) is 13.3. The molecule has 7 nitrogen and oxygen atoms in total. The first kappa shape index (κ1) is 19.3. The number of imide groups is 1. The van der Waals surface area contributed by atoms with Gasteiger partial charge in [-0.15, -0.1) is 0 Å². The SMILES string of the molecule is Cc1cccc(C(=O)NNC(=O)C(C(C)C)N2C(=O)c3ccccc3C2=O)c1. The maximum atomic E-state index is 12.7. The summed E-state index contributed by atoms with van der Waals surface area (Å²) in [6.07, 6.45) is 0. The molecular formula is C21H21N3O4. The third-order valence-electron chi connectivity index (χ3n) is 4.58. The van der Waals surface area contributed by atoms with E-state index in [4.69, 9.17) is 0 Å². The van der Waals surface area contributed by atoms with Gasteiger partial charge in [0.15, 0.2) is 0 Å². The highest BCUT2D eigenvalue weighted by Crippen LogP contribution is 2.27. The highest BCUT2D eigenvalue weighted by atomic mass is 16.2. The summed E-state index contributed by atoms with van der Waals surface area (Å²) in [5.74, 6) is -2.50. The van der Waals surface area contributed by atoms with Crippen LogP contribution >= 0.6 is 0 Å². The van der Waals surface area contributed by atoms with E-state index < -0.39 is 29.7 Å². The summed E-state index contributed by atoms with van der Waals surface area (Å²) < 4.78 is 0. The van der Waals surface area contributed by atoms with E-state index in [1.807, 2.05) is 13.0 Å². The number of carbonyl (C=O) groups is 4. The molecule has 0 aromatic heterocycles. The molecule has 0 radical (unpaired) electrons. The summed E-state index contributed by atoms with van der Waals surface area (Å²) in [6, 6.07) is 12.3. The molecular weight excluding hydrogens is 358 g/mol. The van der Waals surface area contributed by atoms with Crippen molar-refractivity contribution in [1.82, 2.24) is 15.8 Å². The lowest BCUT2D eigenvalue weighted by Gasteiger charge is -2.28. The van der Waals surface area contributed by atoms with Crippen molar-refractivity contribution in [2.24, 2.45) is 5.92 Å². The summed E-state index contributed by atoms with van der Waals surface area (Å²) in [7, 11) is 0. The predicted molar refractivity (Wildman–Crippen MR) is 102 cm³/mol. The second kappa shape index (κ2) is 7.64. The maximum absolute atomic E-state index is 12.7. The molecule has 4 amide bonds. The first-order valence-electron chi connectivity index (χ1n) is 8.95. The van der Waals surface area contributed by atoms with E-state index in [1.54, 1.807) is 56.3 Å². The van der Waals surface area contributed by atoms with Gasteiger partial charge in [-0.1, -0.05) is 43.7 Å². The Morgan fingerprint density at radius 3 is 2.04 bits per heavy atom. The molecule has 0 saturated carbocycles. The van der Waals surface area contributed by atoms with Crippen molar-refractivity contribution >= 4 is 23.6 Å². The van der Waals surface area contributed by atoms with E-state index in [1.165, 1.54) is 0 Å². The van der Waals surface area contributed by atoms with Gasteiger partial charge in [0.25, 0.3) is 23.6 Å². The molecule has 0 spiro atoms. The van der Waals surface area contributed by atoms with E-state index in [9.17, 15) is 19.2 Å². The van der Waals surface area contributed by atoms with Crippen molar-refractivity contribution in [3.63, 3.8) is 0 Å². The van der Waals surface area contributed by atoms with Crippen LogP contribution in [0.5, 0.6) is 0 Å². The fourth-order valence-electron chi connectivity index (χ4n) is 3.23. The van der Waals surface area contributed by atoms with Crippen LogP contribution in [0.2, 0.25) is 0 Å². The molecule has 1 aliphatic heterocycles. The van der Waals surface area contributed by atoms with Gasteiger partial charge >= 0.3 is 0 Å². The molecule has 144 valence electrons. The summed E-state index contributed by atoms with van der Waals surface area (Å²) in [5.41, 5.74) is 6.53. The van der Waals surface area contributed by atoms with Gasteiger partial charge in [-0.05, 0) is 37.1 Å². The average molecular weight is 379 g/mol. The monoisotopic (exact) mass is 379 g/mol. The van der Waals surface area contributed by atoms with Gasteiger partial charge < -0.3 is 0 Å². The van der Waals surface area contributed by atoms with Crippen LogP contribution in [0.4, 0.5) is 0 Å². The number of carbonyl (C=O) groups excluding carboxylic acids is 4. The van der Waals surface area contributed by atoms with Crippen molar-refractivity contribution in [2.45, 2.75) is 26.8 Å². The quantitative estimate of drug-likeness (QED) is 0.628. The number of hydrogen-bond acceptors (Lipinski definition) is 4. The molecule has 3 rings (SSSR count). The van der Waals surface area contributed by atoms with Crippen molar-refractivity contribution in [3.05, 3.63) is 70.8 Å². The van der Waals surface area contributed by atoms with Crippen LogP contribution in [-0.4, -0.2) is 34.6 Å². The van der Waals surface area contributed by atoms with Crippen LogP contribution in [0.3, 0.4) is 0 Å². The van der Waals surface area contributed by atoms with E-state index in [2.05, 4.69) is 10.9 Å². The van der Waals surface area contributed by atoms with Crippen molar-refractivity contribution < 1.29 is 19.2 Å². The Morgan fingerprint density at radius 1 is 0.893 bits per heavy atom. The molecule has 1 atom stereocenters. The van der Waals surface area contributed by atoms with Gasteiger partial charge in [-0.2, -0.15) is 0 Å². The van der Waals surface area contributed by atoms with Crippen LogP contribution in [0.1, 0.15) is 50.5 Å². The second-order valence-electron chi connectivity index (χ2n) is 7.03. The van der Waals surface area contributed by atoms with E-state index in [0.717, 1.165) is 10.5 Å². The third kappa shape index (κ3) is 3.51. The molecule has 0 bridgehead atoms. The van der Waals surface area contributed by atoms with E-state index in [0.29, 0.717) is 5.56 Å². The van der Waals surface area contributed by atoms with Gasteiger partial charge in [0.2, 0.25) is 0 Å². The fraction of sp³-hybridized carbons (Fsp3) is 0.238. The molecule has 7 heteroatoms. The Hall–Kier alpha value is -3.48. The number of aryl methyl sites for hydroxylation is 1. The van der Waals surface area contributed by atoms with Crippen molar-refractivity contribution in [1.29, 1.82) is 0 Å². The van der Waals surface area contributed by atoms with Crippen LogP contribution in [0, 0.1) is 12.8 Å². The van der Waals surface area contributed by atoms with Crippen molar-refractivity contribution in [3.8, 4) is 0 Å². The van der Waals surface area contributed by atoms with E-state index in [-0.39, 0.29) is 17.0 Å². The molecule has 2 N–H and O–H groups in total. The summed E-state index contributed by atoms with van der Waals surface area (Å²) >= 11 is 0. The zero-order chi connectivity index (χ0) is 20.4. The number of amides is 4. The minimum Gasteiger partial charge on any atom is -0.271 e. The minimum atomic E-state index is -1.05. The topological polar surface area (TPSA) is 95.6 Å². The summed E-state index contributed by atoms with van der Waals surface area (Å²) in [6.45, 7) is 5.32. The Balaban J connectivity index is 1.76. The van der Waals surface area contributed by atoms with Gasteiger partial charge in [-0.3, -0.25) is 34.9 Å². The highest BCUT2D eigenvalue weighted by molar-refractivity contribution is 6.22. The highest BCUT2D eigenvalue weighted by Gasteiger charge is 2.43. The lowest BCUT2D eigenvalue weighted by molar-refractivity contribution is -0.127. The van der Waals surface area contributed by atoms with Gasteiger partial charge in [-0.25, -0.2) is 0 Å². The number of hydrogen-bond donors (Lipinski definition) is 2. The maximum Gasteiger partial charge on any atom is 0.269 e. The minimum absolute atomic E-state index is 0.273. The van der Waals surface area contributed by atoms with Crippen LogP contribution in [0.15, 0.2) is 48.5 Å². The Morgan fingerprint density at radius 2 is 1.50 bits per heavy atom. The van der Waals surface area contributed by atoms with Crippen molar-refractivity contribution in [2.75, 3.05) is 0 Å². The van der Waals surface area contributed by atoms with Gasteiger partial charge in [0, 0.05) is 5.56 Å². The number of nitrogens with one attached hydrogen (secondary N) is 2. The zero-order valence-corrected chi connectivity index (χ0v) is 15.9. The average Bonchev–Trinajstić information content (AvgIpc) is 2.91. The molecule has 0 fully saturated rings. The lowest BCUT2D eigenvalue weighted by atomic mass is 10.0. The van der Waals surface area contributed by atoms with E-state index >= 15 is 0 Å². The molecule has 28 heavy (non-hydrogen) atoms. The molecule has 0 aliphatic carbocycles. The largest absolute Gasteiger partial charge is 0.271 e. The number of nitrogens with zero attached hydrogens (tertiary/aromatic N) is 1. The first-order valence-corrected chi connectivity index (χ1v) is 8.95. The second-order valence-corrected chi connectivity index (χ2v) is 7.03. The molecule has 1 aliphatic rings.